The fraction of sp³-hybridized carbons (Fsp3) is 0.188. The van der Waals surface area contributed by atoms with Crippen molar-refractivity contribution in [3.05, 3.63) is 53.0 Å². The number of hydrogen-bond acceptors (Lipinski definition) is 2. The van der Waals surface area contributed by atoms with Crippen molar-refractivity contribution in [2.24, 2.45) is 0 Å². The molecular formula is C16H13F3N2OS. The van der Waals surface area contributed by atoms with Gasteiger partial charge in [0, 0.05) is 12.2 Å². The lowest BCUT2D eigenvalue weighted by molar-refractivity contribution is -0.137. The summed E-state index contributed by atoms with van der Waals surface area (Å²) in [5.41, 5.74) is 0.720. The Balaban J connectivity index is 1.90. The van der Waals surface area contributed by atoms with E-state index in [0.29, 0.717) is 12.2 Å². The van der Waals surface area contributed by atoms with Gasteiger partial charge in [-0.2, -0.15) is 13.2 Å². The van der Waals surface area contributed by atoms with Crippen molar-refractivity contribution in [1.29, 1.82) is 0 Å². The van der Waals surface area contributed by atoms with Gasteiger partial charge in [-0.25, -0.2) is 0 Å². The molecule has 3 aromatic rings. The van der Waals surface area contributed by atoms with Crippen LogP contribution in [0.1, 0.15) is 23.0 Å². The smallest absolute Gasteiger partial charge is 0.336 e. The van der Waals surface area contributed by atoms with Gasteiger partial charge in [0.15, 0.2) is 0 Å². The maximum Gasteiger partial charge on any atom is 0.416 e. The van der Waals surface area contributed by atoms with Crippen molar-refractivity contribution in [2.45, 2.75) is 19.6 Å². The summed E-state index contributed by atoms with van der Waals surface area (Å²) in [7, 11) is 0. The largest absolute Gasteiger partial charge is 0.416 e. The van der Waals surface area contributed by atoms with Crippen molar-refractivity contribution >= 4 is 33.1 Å². The van der Waals surface area contributed by atoms with Crippen molar-refractivity contribution in [3.8, 4) is 0 Å². The molecular weight excluding hydrogens is 325 g/mol. The van der Waals surface area contributed by atoms with Crippen LogP contribution in [0.15, 0.2) is 41.8 Å². The molecule has 0 saturated carbocycles. The van der Waals surface area contributed by atoms with E-state index >= 15 is 0 Å². The highest BCUT2D eigenvalue weighted by atomic mass is 32.1. The third-order valence-corrected chi connectivity index (χ3v) is 4.37. The first-order valence-electron chi connectivity index (χ1n) is 6.95. The number of aryl methyl sites for hydroxylation is 1. The van der Waals surface area contributed by atoms with Crippen LogP contribution >= 0.6 is 11.3 Å². The number of anilines is 1. The predicted octanol–water partition coefficient (Wildman–Crippen LogP) is 4.99. The van der Waals surface area contributed by atoms with E-state index in [1.807, 2.05) is 22.9 Å². The average molecular weight is 338 g/mol. The molecule has 0 radical (unpaired) electrons. The Labute approximate surface area is 134 Å². The van der Waals surface area contributed by atoms with Crippen LogP contribution in [0.4, 0.5) is 18.9 Å². The average Bonchev–Trinajstić information content (AvgIpc) is 3.06. The summed E-state index contributed by atoms with van der Waals surface area (Å²) in [6.07, 6.45) is -4.44. The molecule has 120 valence electrons. The molecule has 0 aliphatic carbocycles. The fourth-order valence-electron chi connectivity index (χ4n) is 2.47. The first kappa shape index (κ1) is 15.6. The fourth-order valence-corrected chi connectivity index (χ4v) is 3.30. The Morgan fingerprint density at radius 1 is 1.26 bits per heavy atom. The summed E-state index contributed by atoms with van der Waals surface area (Å²) in [4.78, 5) is 12.4. The summed E-state index contributed by atoms with van der Waals surface area (Å²) in [6, 6.07) is 8.29. The Morgan fingerprint density at radius 2 is 2.04 bits per heavy atom. The van der Waals surface area contributed by atoms with Crippen LogP contribution in [0.2, 0.25) is 0 Å². The van der Waals surface area contributed by atoms with E-state index in [1.54, 1.807) is 6.07 Å². The number of aromatic nitrogens is 1. The molecule has 3 nitrogen and oxygen atoms in total. The first-order chi connectivity index (χ1) is 10.9. The zero-order valence-corrected chi connectivity index (χ0v) is 13.0. The van der Waals surface area contributed by atoms with E-state index in [1.165, 1.54) is 23.5 Å². The number of thiophene rings is 1. The van der Waals surface area contributed by atoms with Crippen LogP contribution in [0.25, 0.3) is 10.2 Å². The highest BCUT2D eigenvalue weighted by Gasteiger charge is 2.30. The van der Waals surface area contributed by atoms with Gasteiger partial charge in [-0.15, -0.1) is 11.3 Å². The molecule has 7 heteroatoms. The molecule has 0 atom stereocenters. The van der Waals surface area contributed by atoms with Crippen molar-refractivity contribution in [3.63, 3.8) is 0 Å². The molecule has 0 fully saturated rings. The molecule has 2 heterocycles. The van der Waals surface area contributed by atoms with E-state index in [4.69, 9.17) is 0 Å². The van der Waals surface area contributed by atoms with Crippen molar-refractivity contribution in [1.82, 2.24) is 4.57 Å². The van der Waals surface area contributed by atoms with Crippen LogP contribution in [0.3, 0.4) is 0 Å². The van der Waals surface area contributed by atoms with E-state index in [9.17, 15) is 18.0 Å². The Hall–Kier alpha value is -2.28. The van der Waals surface area contributed by atoms with Gasteiger partial charge in [-0.3, -0.25) is 4.79 Å². The van der Waals surface area contributed by atoms with Gasteiger partial charge in [0.05, 0.1) is 15.8 Å². The number of nitrogens with zero attached hydrogens (tertiary/aromatic N) is 1. The lowest BCUT2D eigenvalue weighted by atomic mass is 10.2. The number of halogens is 3. The third kappa shape index (κ3) is 2.96. The minimum absolute atomic E-state index is 0.122. The highest BCUT2D eigenvalue weighted by Crippen LogP contribution is 2.31. The molecule has 1 amide bonds. The number of benzene rings is 1. The van der Waals surface area contributed by atoms with Gasteiger partial charge in [0.25, 0.3) is 5.91 Å². The molecule has 0 bridgehead atoms. The second kappa shape index (κ2) is 5.73. The van der Waals surface area contributed by atoms with Crippen LogP contribution in [0.5, 0.6) is 0 Å². The Bertz CT molecular complexity index is 864. The minimum Gasteiger partial charge on any atom is -0.336 e. The maximum atomic E-state index is 12.7. The SMILES string of the molecule is CCn1c(C(=O)Nc2cccc(C(F)(F)F)c2)cc2sccc21. The minimum atomic E-state index is -4.44. The van der Waals surface area contributed by atoms with Gasteiger partial charge in [0.1, 0.15) is 5.69 Å². The zero-order chi connectivity index (χ0) is 16.6. The van der Waals surface area contributed by atoms with Gasteiger partial charge >= 0.3 is 6.18 Å². The second-order valence-corrected chi connectivity index (χ2v) is 5.92. The number of nitrogens with one attached hydrogen (secondary N) is 1. The van der Waals surface area contributed by atoms with E-state index in [2.05, 4.69) is 5.32 Å². The summed E-state index contributed by atoms with van der Waals surface area (Å²) in [5, 5.41) is 4.48. The number of carbonyl (C=O) groups is 1. The van der Waals surface area contributed by atoms with Gasteiger partial charge < -0.3 is 9.88 Å². The predicted molar refractivity (Wildman–Crippen MR) is 84.9 cm³/mol. The summed E-state index contributed by atoms with van der Waals surface area (Å²) >= 11 is 1.52. The van der Waals surface area contributed by atoms with Gasteiger partial charge in [-0.05, 0) is 42.6 Å². The molecule has 23 heavy (non-hydrogen) atoms. The van der Waals surface area contributed by atoms with E-state index < -0.39 is 17.6 Å². The van der Waals surface area contributed by atoms with E-state index in [0.717, 1.165) is 22.3 Å². The molecule has 0 spiro atoms. The van der Waals surface area contributed by atoms with Crippen molar-refractivity contribution in [2.75, 3.05) is 5.32 Å². The number of amides is 1. The normalized spacial score (nSPS) is 11.8. The molecule has 0 saturated heterocycles. The number of alkyl halides is 3. The number of fused-ring (bicyclic) bond motifs is 1. The molecule has 3 rings (SSSR count). The molecule has 1 aromatic carbocycles. The summed E-state index contributed by atoms with van der Waals surface area (Å²) in [6.45, 7) is 2.52. The quantitative estimate of drug-likeness (QED) is 0.717. The topological polar surface area (TPSA) is 34.0 Å². The number of rotatable bonds is 3. The molecule has 0 unspecified atom stereocenters. The van der Waals surface area contributed by atoms with Crippen molar-refractivity contribution < 1.29 is 18.0 Å². The third-order valence-electron chi connectivity index (χ3n) is 3.52. The van der Waals surface area contributed by atoms with Crippen LogP contribution in [0, 0.1) is 0 Å². The van der Waals surface area contributed by atoms with Crippen LogP contribution in [-0.4, -0.2) is 10.5 Å². The zero-order valence-electron chi connectivity index (χ0n) is 12.1. The highest BCUT2D eigenvalue weighted by molar-refractivity contribution is 7.17. The maximum absolute atomic E-state index is 12.7. The summed E-state index contributed by atoms with van der Waals surface area (Å²) < 4.78 is 41.0. The van der Waals surface area contributed by atoms with Gasteiger partial charge in [0.2, 0.25) is 0 Å². The Kier molecular flexibility index (Phi) is 3.89. The van der Waals surface area contributed by atoms with Crippen LogP contribution in [-0.2, 0) is 12.7 Å². The molecule has 0 aliphatic heterocycles. The molecule has 1 N–H and O–H groups in total. The van der Waals surface area contributed by atoms with Gasteiger partial charge in [-0.1, -0.05) is 6.07 Å². The molecule has 0 aliphatic rings. The Morgan fingerprint density at radius 3 is 2.74 bits per heavy atom. The van der Waals surface area contributed by atoms with Crippen LogP contribution < -0.4 is 5.32 Å². The van der Waals surface area contributed by atoms with E-state index in [-0.39, 0.29) is 5.69 Å². The first-order valence-corrected chi connectivity index (χ1v) is 7.83. The lowest BCUT2D eigenvalue weighted by Crippen LogP contribution is -2.17. The summed E-state index contributed by atoms with van der Waals surface area (Å²) in [5.74, 6) is -0.422. The molecule has 2 aromatic heterocycles. The number of hydrogen-bond donors (Lipinski definition) is 1. The number of carbonyl (C=O) groups excluding carboxylic acids is 1. The monoisotopic (exact) mass is 338 g/mol. The second-order valence-electron chi connectivity index (χ2n) is 4.98. The standard InChI is InChI=1S/C16H13F3N2OS/c1-2-21-12-6-7-23-14(12)9-13(21)15(22)20-11-5-3-4-10(8-11)16(17,18)19/h3-9H,2H2,1H3,(H,20,22). The lowest BCUT2D eigenvalue weighted by Gasteiger charge is -2.11.